The van der Waals surface area contributed by atoms with Crippen molar-refractivity contribution in [1.29, 1.82) is 0 Å². The molecular weight excluding hydrogens is 395 g/mol. The van der Waals surface area contributed by atoms with E-state index in [0.717, 1.165) is 37.1 Å². The molecule has 1 aliphatic rings. The average Bonchev–Trinajstić information content (AvgIpc) is 2.69. The number of aromatic nitrogens is 1. The summed E-state index contributed by atoms with van der Waals surface area (Å²) >= 11 is 12.5. The maximum absolute atomic E-state index is 13.2. The van der Waals surface area contributed by atoms with Crippen molar-refractivity contribution in [3.05, 3.63) is 63.9 Å². The van der Waals surface area contributed by atoms with Crippen molar-refractivity contribution >= 4 is 29.2 Å². The standard InChI is InChI=1S/C21H26Cl2N4O/c1-15(18-6-3-7-19(22)20(18)23)25-21(28)27(14-16-5-4-10-24-13-16)17-8-11-26(2)12-9-17/h3-7,10,13,15,17H,8-9,11-12,14H2,1-2H3,(H,25,28). The van der Waals surface area contributed by atoms with Gasteiger partial charge in [-0.1, -0.05) is 41.4 Å². The zero-order valence-corrected chi connectivity index (χ0v) is 17.7. The Morgan fingerprint density at radius 2 is 2.04 bits per heavy atom. The van der Waals surface area contributed by atoms with E-state index in [9.17, 15) is 4.79 Å². The van der Waals surface area contributed by atoms with E-state index < -0.39 is 0 Å². The molecule has 1 unspecified atom stereocenters. The maximum Gasteiger partial charge on any atom is 0.318 e. The predicted molar refractivity (Wildman–Crippen MR) is 114 cm³/mol. The van der Waals surface area contributed by atoms with E-state index >= 15 is 0 Å². The second kappa shape index (κ2) is 9.59. The van der Waals surface area contributed by atoms with Crippen LogP contribution in [0.5, 0.6) is 0 Å². The number of carbonyl (C=O) groups is 1. The van der Waals surface area contributed by atoms with E-state index in [2.05, 4.69) is 22.2 Å². The molecule has 1 aliphatic heterocycles. The molecule has 0 spiro atoms. The first-order valence-corrected chi connectivity index (χ1v) is 10.3. The molecule has 0 aliphatic carbocycles. The lowest BCUT2D eigenvalue weighted by atomic mass is 10.0. The normalized spacial score (nSPS) is 16.6. The smallest absolute Gasteiger partial charge is 0.318 e. The van der Waals surface area contributed by atoms with Crippen LogP contribution in [0.1, 0.15) is 36.9 Å². The van der Waals surface area contributed by atoms with Crippen molar-refractivity contribution in [3.8, 4) is 0 Å². The van der Waals surface area contributed by atoms with E-state index in [0.29, 0.717) is 16.6 Å². The molecule has 150 valence electrons. The minimum absolute atomic E-state index is 0.0954. The molecule has 2 aromatic rings. The summed E-state index contributed by atoms with van der Waals surface area (Å²) < 4.78 is 0. The van der Waals surface area contributed by atoms with Crippen LogP contribution in [0.15, 0.2) is 42.7 Å². The van der Waals surface area contributed by atoms with Crippen molar-refractivity contribution in [1.82, 2.24) is 20.1 Å². The van der Waals surface area contributed by atoms with Crippen LogP contribution in [0.4, 0.5) is 4.79 Å². The molecule has 1 saturated heterocycles. The first-order valence-electron chi connectivity index (χ1n) is 9.54. The van der Waals surface area contributed by atoms with Gasteiger partial charge in [0, 0.05) is 25.0 Å². The summed E-state index contributed by atoms with van der Waals surface area (Å²) in [6, 6.07) is 9.22. The van der Waals surface area contributed by atoms with Gasteiger partial charge in [0.05, 0.1) is 16.1 Å². The molecule has 3 rings (SSSR count). The number of piperidine rings is 1. The fraction of sp³-hybridized carbons (Fsp3) is 0.429. The summed E-state index contributed by atoms with van der Waals surface area (Å²) in [4.78, 5) is 21.6. The molecule has 28 heavy (non-hydrogen) atoms. The minimum Gasteiger partial charge on any atom is -0.331 e. The average molecular weight is 421 g/mol. The molecular formula is C21H26Cl2N4O. The number of likely N-dealkylation sites (tertiary alicyclic amines) is 1. The molecule has 5 nitrogen and oxygen atoms in total. The summed E-state index contributed by atoms with van der Waals surface area (Å²) in [5.74, 6) is 0. The van der Waals surface area contributed by atoms with Gasteiger partial charge in [0.25, 0.3) is 0 Å². The Kier molecular flexibility index (Phi) is 7.16. The second-order valence-corrected chi connectivity index (χ2v) is 8.12. The predicted octanol–water partition coefficient (Wildman–Crippen LogP) is 4.76. The fourth-order valence-corrected chi connectivity index (χ4v) is 4.03. The number of nitrogens with one attached hydrogen (secondary N) is 1. The van der Waals surface area contributed by atoms with E-state index in [1.165, 1.54) is 0 Å². The van der Waals surface area contributed by atoms with E-state index in [1.807, 2.05) is 42.3 Å². The number of urea groups is 1. The number of nitrogens with zero attached hydrogens (tertiary/aromatic N) is 3. The molecule has 0 radical (unpaired) electrons. The monoisotopic (exact) mass is 420 g/mol. The number of halogens is 2. The molecule has 1 atom stereocenters. The highest BCUT2D eigenvalue weighted by atomic mass is 35.5. The highest BCUT2D eigenvalue weighted by Crippen LogP contribution is 2.30. The van der Waals surface area contributed by atoms with Crippen molar-refractivity contribution < 1.29 is 4.79 Å². The molecule has 2 amide bonds. The molecule has 1 N–H and O–H groups in total. The van der Waals surface area contributed by atoms with Crippen molar-refractivity contribution in [2.24, 2.45) is 0 Å². The Morgan fingerprint density at radius 3 is 2.71 bits per heavy atom. The third kappa shape index (κ3) is 5.16. The molecule has 7 heteroatoms. The van der Waals surface area contributed by atoms with Crippen molar-refractivity contribution in [2.75, 3.05) is 20.1 Å². The largest absolute Gasteiger partial charge is 0.331 e. The maximum atomic E-state index is 13.2. The van der Waals surface area contributed by atoms with Crippen LogP contribution < -0.4 is 5.32 Å². The first-order chi connectivity index (χ1) is 13.5. The summed E-state index contributed by atoms with van der Waals surface area (Å²) in [5, 5.41) is 4.07. The van der Waals surface area contributed by atoms with Gasteiger partial charge in [-0.2, -0.15) is 0 Å². The Labute approximate surface area is 176 Å². The highest BCUT2D eigenvalue weighted by Gasteiger charge is 2.28. The van der Waals surface area contributed by atoms with Gasteiger partial charge >= 0.3 is 6.03 Å². The van der Waals surface area contributed by atoms with Gasteiger partial charge in [-0.05, 0) is 63.2 Å². The Bertz CT molecular complexity index is 794. The number of hydrogen-bond donors (Lipinski definition) is 1. The van der Waals surface area contributed by atoms with Crippen LogP contribution in [-0.2, 0) is 6.54 Å². The zero-order chi connectivity index (χ0) is 20.1. The quantitative estimate of drug-likeness (QED) is 0.758. The van der Waals surface area contributed by atoms with Gasteiger partial charge in [0.1, 0.15) is 0 Å². The van der Waals surface area contributed by atoms with Crippen LogP contribution in [0.3, 0.4) is 0 Å². The number of amides is 2. The van der Waals surface area contributed by atoms with E-state index in [1.54, 1.807) is 12.3 Å². The van der Waals surface area contributed by atoms with Crippen LogP contribution in [0.2, 0.25) is 10.0 Å². The first kappa shape index (κ1) is 20.9. The Morgan fingerprint density at radius 1 is 1.29 bits per heavy atom. The third-order valence-corrected chi connectivity index (χ3v) is 6.09. The fourth-order valence-electron chi connectivity index (χ4n) is 3.56. The summed E-state index contributed by atoms with van der Waals surface area (Å²) in [7, 11) is 2.12. The Balaban J connectivity index is 1.76. The van der Waals surface area contributed by atoms with E-state index in [4.69, 9.17) is 23.2 Å². The van der Waals surface area contributed by atoms with Gasteiger partial charge < -0.3 is 15.1 Å². The lowest BCUT2D eigenvalue weighted by Crippen LogP contribution is -2.50. The van der Waals surface area contributed by atoms with Crippen LogP contribution >= 0.6 is 23.2 Å². The minimum atomic E-state index is -0.249. The zero-order valence-electron chi connectivity index (χ0n) is 16.2. The molecule has 2 heterocycles. The van der Waals surface area contributed by atoms with Crippen LogP contribution in [0.25, 0.3) is 0 Å². The topological polar surface area (TPSA) is 48.5 Å². The van der Waals surface area contributed by atoms with Gasteiger partial charge in [0.2, 0.25) is 0 Å². The van der Waals surface area contributed by atoms with Gasteiger partial charge in [-0.15, -0.1) is 0 Å². The Hall–Kier alpha value is -1.82. The molecule has 1 fully saturated rings. The van der Waals surface area contributed by atoms with Gasteiger partial charge in [-0.25, -0.2) is 4.79 Å². The number of rotatable bonds is 5. The lowest BCUT2D eigenvalue weighted by Gasteiger charge is -2.38. The summed E-state index contributed by atoms with van der Waals surface area (Å²) in [5.41, 5.74) is 1.83. The van der Waals surface area contributed by atoms with Crippen LogP contribution in [0, 0.1) is 0 Å². The highest BCUT2D eigenvalue weighted by molar-refractivity contribution is 6.42. The number of pyridine rings is 1. The molecule has 1 aromatic carbocycles. The van der Waals surface area contributed by atoms with Gasteiger partial charge in [0.15, 0.2) is 0 Å². The molecule has 1 aromatic heterocycles. The number of carbonyl (C=O) groups excluding carboxylic acids is 1. The van der Waals surface area contributed by atoms with Crippen molar-refractivity contribution in [2.45, 2.75) is 38.4 Å². The summed E-state index contributed by atoms with van der Waals surface area (Å²) in [6.07, 6.45) is 5.46. The second-order valence-electron chi connectivity index (χ2n) is 7.34. The molecule has 0 bridgehead atoms. The van der Waals surface area contributed by atoms with Crippen molar-refractivity contribution in [3.63, 3.8) is 0 Å². The third-order valence-electron chi connectivity index (χ3n) is 5.25. The number of benzene rings is 1. The summed E-state index contributed by atoms with van der Waals surface area (Å²) in [6.45, 7) is 4.42. The van der Waals surface area contributed by atoms with Crippen LogP contribution in [-0.4, -0.2) is 47.0 Å². The SMILES string of the molecule is CC(NC(=O)N(Cc1cccnc1)C1CCN(C)CC1)c1cccc(Cl)c1Cl. The van der Waals surface area contributed by atoms with E-state index in [-0.39, 0.29) is 18.1 Å². The van der Waals surface area contributed by atoms with Gasteiger partial charge in [-0.3, -0.25) is 4.98 Å². The number of hydrogen-bond acceptors (Lipinski definition) is 3. The molecule has 0 saturated carbocycles. The lowest BCUT2D eigenvalue weighted by molar-refractivity contribution is 0.125.